The van der Waals surface area contributed by atoms with Crippen molar-refractivity contribution >= 4 is 46.2 Å². The Bertz CT molecular complexity index is 1020. The maximum atomic E-state index is 10.1. The Labute approximate surface area is 136 Å². The van der Waals surface area contributed by atoms with Gasteiger partial charge in [0.2, 0.25) is 0 Å². The first-order chi connectivity index (χ1) is 11.2. The van der Waals surface area contributed by atoms with Gasteiger partial charge in [0.25, 0.3) is 0 Å². The lowest BCUT2D eigenvalue weighted by atomic mass is 10.1. The molecule has 0 saturated heterocycles. The molecule has 6 heteroatoms. The molecule has 23 heavy (non-hydrogen) atoms. The molecular formula is C17H11N3O2S. The second-order valence-electron chi connectivity index (χ2n) is 4.97. The predicted molar refractivity (Wildman–Crippen MR) is 91.0 cm³/mol. The Morgan fingerprint density at radius 3 is 2.52 bits per heavy atom. The number of benzene rings is 3. The largest absolute Gasteiger partial charge is 0.506 e. The predicted octanol–water partition coefficient (Wildman–Crippen LogP) is 5.39. The molecule has 4 rings (SSSR count). The third-order valence-corrected chi connectivity index (χ3v) is 3.84. The maximum Gasteiger partial charge on any atom is 0.341 e. The average molecular weight is 321 g/mol. The minimum Gasteiger partial charge on any atom is -0.506 e. The van der Waals surface area contributed by atoms with Crippen molar-refractivity contribution in [3.8, 4) is 5.75 Å². The van der Waals surface area contributed by atoms with Gasteiger partial charge in [-0.25, -0.2) is 0 Å². The van der Waals surface area contributed by atoms with E-state index in [9.17, 15) is 5.11 Å². The van der Waals surface area contributed by atoms with Gasteiger partial charge in [0.1, 0.15) is 11.3 Å². The van der Waals surface area contributed by atoms with Gasteiger partial charge in [0.05, 0.1) is 5.69 Å². The first-order valence-corrected chi connectivity index (χ1v) is 7.38. The van der Waals surface area contributed by atoms with Crippen LogP contribution in [0.15, 0.2) is 74.1 Å². The topological polar surface area (TPSA) is 71.0 Å². The van der Waals surface area contributed by atoms with Gasteiger partial charge in [-0.15, -0.1) is 17.7 Å². The average Bonchev–Trinajstić information content (AvgIpc) is 3.00. The molecule has 0 radical (unpaired) electrons. The second kappa shape index (κ2) is 5.40. The quantitative estimate of drug-likeness (QED) is 0.384. The van der Waals surface area contributed by atoms with Crippen molar-refractivity contribution < 1.29 is 9.52 Å². The van der Waals surface area contributed by atoms with Crippen LogP contribution in [0.2, 0.25) is 0 Å². The Hall–Kier alpha value is -2.86. The molecule has 0 atom stereocenters. The molecule has 0 aliphatic heterocycles. The Balaban J connectivity index is 1.82. The normalized spacial score (nSPS) is 11.7. The minimum atomic E-state index is 0.129. The van der Waals surface area contributed by atoms with Crippen molar-refractivity contribution in [1.29, 1.82) is 0 Å². The van der Waals surface area contributed by atoms with Gasteiger partial charge in [0.15, 0.2) is 5.58 Å². The van der Waals surface area contributed by atoms with E-state index in [2.05, 4.69) is 27.8 Å². The molecule has 0 aliphatic rings. The molecule has 5 nitrogen and oxygen atoms in total. The lowest BCUT2D eigenvalue weighted by Gasteiger charge is -2.05. The highest BCUT2D eigenvalue weighted by Crippen LogP contribution is 2.38. The summed E-state index contributed by atoms with van der Waals surface area (Å²) in [5.41, 5.74) is 1.98. The molecule has 3 aromatic carbocycles. The van der Waals surface area contributed by atoms with Crippen molar-refractivity contribution in [2.45, 2.75) is 4.90 Å². The van der Waals surface area contributed by atoms with Crippen molar-refractivity contribution in [3.05, 3.63) is 54.6 Å². The third-order valence-electron chi connectivity index (χ3n) is 3.50. The van der Waals surface area contributed by atoms with Gasteiger partial charge in [-0.2, -0.15) is 4.98 Å². The zero-order valence-corrected chi connectivity index (χ0v) is 12.7. The van der Waals surface area contributed by atoms with Crippen LogP contribution in [0.4, 0.5) is 11.7 Å². The van der Waals surface area contributed by atoms with Crippen LogP contribution in [0, 0.1) is 0 Å². The number of phenolic OH excluding ortho intramolecular Hbond substituents is 1. The first-order valence-electron chi connectivity index (χ1n) is 6.93. The number of fused-ring (bicyclic) bond motifs is 2. The fraction of sp³-hybridized carbons (Fsp3) is 0. The van der Waals surface area contributed by atoms with Gasteiger partial charge in [-0.05, 0) is 18.2 Å². The van der Waals surface area contributed by atoms with E-state index in [1.807, 2.05) is 48.5 Å². The highest BCUT2D eigenvalue weighted by Gasteiger charge is 2.09. The van der Waals surface area contributed by atoms with Crippen LogP contribution in [0.25, 0.3) is 21.9 Å². The molecule has 4 aromatic rings. The lowest BCUT2D eigenvalue weighted by molar-refractivity contribution is 0.469. The molecule has 1 aromatic heterocycles. The summed E-state index contributed by atoms with van der Waals surface area (Å²) in [5.74, 6) is 0.129. The van der Waals surface area contributed by atoms with E-state index in [4.69, 9.17) is 4.42 Å². The number of phenols is 1. The number of para-hydroxylation sites is 2. The standard InChI is InChI=1S/C17H11N3O2S/c21-16-11-6-2-1-5-10(11)13(9-15(16)23)19-20-17-18-12-7-3-4-8-14(12)22-17/h1-9,21,23H/b20-19+. The molecule has 0 saturated carbocycles. The molecule has 0 amide bonds. The molecule has 1 heterocycles. The monoisotopic (exact) mass is 321 g/mol. The van der Waals surface area contributed by atoms with Gasteiger partial charge >= 0.3 is 6.01 Å². The summed E-state index contributed by atoms with van der Waals surface area (Å²) in [5, 5.41) is 19.8. The highest BCUT2D eigenvalue weighted by molar-refractivity contribution is 7.80. The van der Waals surface area contributed by atoms with Crippen LogP contribution in [0.3, 0.4) is 0 Å². The number of hydrogen-bond acceptors (Lipinski definition) is 6. The number of nitrogens with zero attached hydrogens (tertiary/aromatic N) is 3. The molecule has 0 aliphatic carbocycles. The lowest BCUT2D eigenvalue weighted by Crippen LogP contribution is -1.77. The molecule has 0 unspecified atom stereocenters. The fourth-order valence-corrected chi connectivity index (χ4v) is 2.65. The number of azo groups is 1. The zero-order valence-electron chi connectivity index (χ0n) is 11.8. The highest BCUT2D eigenvalue weighted by atomic mass is 32.1. The van der Waals surface area contributed by atoms with E-state index in [1.54, 1.807) is 6.07 Å². The van der Waals surface area contributed by atoms with Crippen LogP contribution in [-0.4, -0.2) is 10.1 Å². The smallest absolute Gasteiger partial charge is 0.341 e. The van der Waals surface area contributed by atoms with Crippen LogP contribution >= 0.6 is 12.6 Å². The number of oxazole rings is 1. The van der Waals surface area contributed by atoms with Crippen molar-refractivity contribution in [2.24, 2.45) is 10.2 Å². The number of rotatable bonds is 2. The van der Waals surface area contributed by atoms with E-state index in [0.717, 1.165) is 10.9 Å². The van der Waals surface area contributed by atoms with E-state index in [-0.39, 0.29) is 11.8 Å². The summed E-state index contributed by atoms with van der Waals surface area (Å²) in [7, 11) is 0. The van der Waals surface area contributed by atoms with Crippen LogP contribution in [-0.2, 0) is 0 Å². The first kappa shape index (κ1) is 13.8. The van der Waals surface area contributed by atoms with E-state index in [1.165, 1.54) is 0 Å². The summed E-state index contributed by atoms with van der Waals surface area (Å²) < 4.78 is 5.52. The molecule has 0 bridgehead atoms. The van der Waals surface area contributed by atoms with Gasteiger partial charge < -0.3 is 9.52 Å². The Kier molecular flexibility index (Phi) is 3.24. The van der Waals surface area contributed by atoms with Crippen molar-refractivity contribution in [3.63, 3.8) is 0 Å². The third kappa shape index (κ3) is 2.43. The molecule has 0 fully saturated rings. The fourth-order valence-electron chi connectivity index (χ4n) is 2.41. The summed E-state index contributed by atoms with van der Waals surface area (Å²) in [4.78, 5) is 4.69. The molecule has 0 spiro atoms. The number of hydrogen-bond donors (Lipinski definition) is 2. The minimum absolute atomic E-state index is 0.129. The summed E-state index contributed by atoms with van der Waals surface area (Å²) in [6.07, 6.45) is 0. The summed E-state index contributed by atoms with van der Waals surface area (Å²) in [6, 6.07) is 16.7. The maximum absolute atomic E-state index is 10.1. The zero-order chi connectivity index (χ0) is 15.8. The van der Waals surface area contributed by atoms with Gasteiger partial charge in [0, 0.05) is 15.7 Å². The summed E-state index contributed by atoms with van der Waals surface area (Å²) in [6.45, 7) is 0. The number of thiol groups is 1. The van der Waals surface area contributed by atoms with Gasteiger partial charge in [-0.1, -0.05) is 41.5 Å². The molecule has 1 N–H and O–H groups in total. The second-order valence-corrected chi connectivity index (χ2v) is 5.45. The van der Waals surface area contributed by atoms with E-state index in [0.29, 0.717) is 21.6 Å². The van der Waals surface area contributed by atoms with Crippen molar-refractivity contribution in [1.82, 2.24) is 4.98 Å². The number of aromatic hydroxyl groups is 1. The molecular weight excluding hydrogens is 310 g/mol. The molecule has 112 valence electrons. The summed E-state index contributed by atoms with van der Waals surface area (Å²) >= 11 is 4.27. The number of aromatic nitrogens is 1. The van der Waals surface area contributed by atoms with Gasteiger partial charge in [-0.3, -0.25) is 0 Å². The van der Waals surface area contributed by atoms with Crippen LogP contribution in [0.5, 0.6) is 5.75 Å². The van der Waals surface area contributed by atoms with E-state index >= 15 is 0 Å². The Morgan fingerprint density at radius 1 is 0.957 bits per heavy atom. The Morgan fingerprint density at radius 2 is 1.70 bits per heavy atom. The van der Waals surface area contributed by atoms with Crippen molar-refractivity contribution in [2.75, 3.05) is 0 Å². The van der Waals surface area contributed by atoms with Crippen LogP contribution in [0.1, 0.15) is 0 Å². The van der Waals surface area contributed by atoms with Crippen LogP contribution < -0.4 is 0 Å². The SMILES string of the molecule is Oc1c(S)cc(/N=N/c2nc3ccccc3o2)c2ccccc12. The van der Waals surface area contributed by atoms with E-state index < -0.39 is 0 Å².